The number of rotatable bonds is 5. The maximum absolute atomic E-state index is 12.1. The van der Waals surface area contributed by atoms with Crippen molar-refractivity contribution in [1.82, 2.24) is 10.2 Å². The SMILES string of the molecule is CC1CCCC(CNC(C)C(=O)OC(C)(C)C)(N(C)C)C1. The molecule has 0 radical (unpaired) electrons. The molecular weight excluding hydrogens is 264 g/mol. The lowest BCUT2D eigenvalue weighted by molar-refractivity contribution is -0.157. The molecule has 1 rings (SSSR count). The molecule has 0 aromatic carbocycles. The Balaban J connectivity index is 2.59. The van der Waals surface area contributed by atoms with Crippen molar-refractivity contribution in [2.45, 2.75) is 77.5 Å². The van der Waals surface area contributed by atoms with Crippen LogP contribution < -0.4 is 5.32 Å². The molecule has 0 bridgehead atoms. The second-order valence-electron chi connectivity index (χ2n) is 7.96. The van der Waals surface area contributed by atoms with Gasteiger partial charge < -0.3 is 15.0 Å². The minimum absolute atomic E-state index is 0.161. The fraction of sp³-hybridized carbons (Fsp3) is 0.941. The van der Waals surface area contributed by atoms with E-state index in [9.17, 15) is 4.79 Å². The molecule has 0 aromatic heterocycles. The van der Waals surface area contributed by atoms with Crippen LogP contribution in [0.2, 0.25) is 0 Å². The molecule has 21 heavy (non-hydrogen) atoms. The van der Waals surface area contributed by atoms with Gasteiger partial charge in [-0.25, -0.2) is 0 Å². The van der Waals surface area contributed by atoms with E-state index in [1.165, 1.54) is 25.7 Å². The molecule has 0 aromatic rings. The summed E-state index contributed by atoms with van der Waals surface area (Å²) < 4.78 is 5.44. The number of carbonyl (C=O) groups excluding carboxylic acids is 1. The van der Waals surface area contributed by atoms with E-state index in [-0.39, 0.29) is 17.6 Å². The second kappa shape index (κ2) is 7.10. The summed E-state index contributed by atoms with van der Waals surface area (Å²) in [6.45, 7) is 10.8. The number of nitrogens with one attached hydrogen (secondary N) is 1. The van der Waals surface area contributed by atoms with Gasteiger partial charge in [0.05, 0.1) is 0 Å². The molecule has 4 heteroatoms. The lowest BCUT2D eigenvalue weighted by Crippen LogP contribution is -2.56. The molecule has 3 unspecified atom stereocenters. The zero-order valence-electron chi connectivity index (χ0n) is 15.0. The van der Waals surface area contributed by atoms with Gasteiger partial charge in [-0.3, -0.25) is 4.79 Å². The van der Waals surface area contributed by atoms with Crippen molar-refractivity contribution >= 4 is 5.97 Å². The maximum atomic E-state index is 12.1. The van der Waals surface area contributed by atoms with Crippen LogP contribution in [0.1, 0.15) is 60.3 Å². The number of esters is 1. The van der Waals surface area contributed by atoms with E-state index in [0.29, 0.717) is 0 Å². The second-order valence-corrected chi connectivity index (χ2v) is 7.96. The van der Waals surface area contributed by atoms with Crippen molar-refractivity contribution in [3.63, 3.8) is 0 Å². The summed E-state index contributed by atoms with van der Waals surface area (Å²) in [5, 5.41) is 3.40. The molecule has 0 spiro atoms. The number of hydrogen-bond acceptors (Lipinski definition) is 4. The van der Waals surface area contributed by atoms with Crippen molar-refractivity contribution < 1.29 is 9.53 Å². The predicted octanol–water partition coefficient (Wildman–Crippen LogP) is 2.82. The zero-order chi connectivity index (χ0) is 16.3. The van der Waals surface area contributed by atoms with E-state index in [2.05, 4.69) is 31.2 Å². The van der Waals surface area contributed by atoms with Crippen molar-refractivity contribution in [1.29, 1.82) is 0 Å². The van der Waals surface area contributed by atoms with E-state index < -0.39 is 5.60 Å². The first-order chi connectivity index (χ1) is 9.56. The zero-order valence-corrected chi connectivity index (χ0v) is 15.0. The Morgan fingerprint density at radius 2 is 2.05 bits per heavy atom. The summed E-state index contributed by atoms with van der Waals surface area (Å²) in [5.41, 5.74) is -0.264. The molecule has 0 aliphatic heterocycles. The highest BCUT2D eigenvalue weighted by atomic mass is 16.6. The number of ether oxygens (including phenoxy) is 1. The van der Waals surface area contributed by atoms with Crippen LogP contribution in [-0.4, -0.2) is 48.7 Å². The van der Waals surface area contributed by atoms with E-state index in [1.54, 1.807) is 0 Å². The molecule has 124 valence electrons. The molecule has 1 aliphatic carbocycles. The normalized spacial score (nSPS) is 28.5. The van der Waals surface area contributed by atoms with Crippen LogP contribution in [0.4, 0.5) is 0 Å². The third kappa shape index (κ3) is 5.59. The van der Waals surface area contributed by atoms with Gasteiger partial charge in [0.25, 0.3) is 0 Å². The maximum Gasteiger partial charge on any atom is 0.323 e. The number of nitrogens with zero attached hydrogens (tertiary/aromatic N) is 1. The first kappa shape index (κ1) is 18.4. The Kier molecular flexibility index (Phi) is 6.23. The van der Waals surface area contributed by atoms with Crippen LogP contribution in [0.3, 0.4) is 0 Å². The Morgan fingerprint density at radius 3 is 2.52 bits per heavy atom. The Hall–Kier alpha value is -0.610. The summed E-state index contributed by atoms with van der Waals surface area (Å²) >= 11 is 0. The highest BCUT2D eigenvalue weighted by molar-refractivity contribution is 5.75. The lowest BCUT2D eigenvalue weighted by Gasteiger charge is -2.46. The molecule has 0 heterocycles. The molecule has 3 atom stereocenters. The van der Waals surface area contributed by atoms with E-state index in [0.717, 1.165) is 12.5 Å². The van der Waals surface area contributed by atoms with Crippen LogP contribution >= 0.6 is 0 Å². The van der Waals surface area contributed by atoms with E-state index in [1.807, 2.05) is 27.7 Å². The van der Waals surface area contributed by atoms with Gasteiger partial charge in [0.2, 0.25) is 0 Å². The standard InChI is InChI=1S/C17H34N2O2/c1-13-9-8-10-17(11-13,19(6)7)12-18-14(2)15(20)21-16(3,4)5/h13-14,18H,8-12H2,1-7H3. The number of carbonyl (C=O) groups is 1. The average Bonchev–Trinajstić information content (AvgIpc) is 2.33. The smallest absolute Gasteiger partial charge is 0.323 e. The van der Waals surface area contributed by atoms with Gasteiger partial charge in [-0.1, -0.05) is 19.8 Å². The molecule has 1 saturated carbocycles. The minimum Gasteiger partial charge on any atom is -0.459 e. The van der Waals surface area contributed by atoms with Crippen LogP contribution in [0.15, 0.2) is 0 Å². The van der Waals surface area contributed by atoms with Gasteiger partial charge in [-0.15, -0.1) is 0 Å². The summed E-state index contributed by atoms with van der Waals surface area (Å²) in [6, 6.07) is -0.265. The van der Waals surface area contributed by atoms with E-state index in [4.69, 9.17) is 4.74 Å². The topological polar surface area (TPSA) is 41.6 Å². The fourth-order valence-corrected chi connectivity index (χ4v) is 3.17. The van der Waals surface area contributed by atoms with E-state index >= 15 is 0 Å². The third-order valence-corrected chi connectivity index (χ3v) is 4.51. The highest BCUT2D eigenvalue weighted by Gasteiger charge is 2.37. The molecule has 4 nitrogen and oxygen atoms in total. The average molecular weight is 298 g/mol. The van der Waals surface area contributed by atoms with Crippen LogP contribution in [0.25, 0.3) is 0 Å². The van der Waals surface area contributed by atoms with Gasteiger partial charge in [0, 0.05) is 12.1 Å². The summed E-state index contributed by atoms with van der Waals surface area (Å²) in [6.07, 6.45) is 4.96. The highest BCUT2D eigenvalue weighted by Crippen LogP contribution is 2.35. The van der Waals surface area contributed by atoms with Crippen LogP contribution in [0, 0.1) is 5.92 Å². The van der Waals surface area contributed by atoms with Gasteiger partial charge in [-0.2, -0.15) is 0 Å². The summed E-state index contributed by atoms with van der Waals surface area (Å²) in [5.74, 6) is 0.583. The first-order valence-electron chi connectivity index (χ1n) is 8.19. The lowest BCUT2D eigenvalue weighted by atomic mass is 9.75. The van der Waals surface area contributed by atoms with Crippen molar-refractivity contribution in [3.8, 4) is 0 Å². The van der Waals surface area contributed by atoms with Crippen LogP contribution in [-0.2, 0) is 9.53 Å². The van der Waals surface area contributed by atoms with Gasteiger partial charge in [-0.05, 0) is 60.5 Å². The molecule has 1 fully saturated rings. The van der Waals surface area contributed by atoms with Crippen molar-refractivity contribution in [2.24, 2.45) is 5.92 Å². The van der Waals surface area contributed by atoms with Gasteiger partial charge in [0.15, 0.2) is 0 Å². The number of hydrogen-bond donors (Lipinski definition) is 1. The summed E-state index contributed by atoms with van der Waals surface area (Å²) in [7, 11) is 4.30. The molecule has 0 amide bonds. The Labute approximate surface area is 130 Å². The van der Waals surface area contributed by atoms with Crippen LogP contribution in [0.5, 0.6) is 0 Å². The Morgan fingerprint density at radius 1 is 1.43 bits per heavy atom. The molecule has 1 aliphatic rings. The third-order valence-electron chi connectivity index (χ3n) is 4.51. The Bertz CT molecular complexity index is 349. The molecular formula is C17H34N2O2. The predicted molar refractivity (Wildman–Crippen MR) is 87.4 cm³/mol. The van der Waals surface area contributed by atoms with Gasteiger partial charge in [0.1, 0.15) is 11.6 Å². The fourth-order valence-electron chi connectivity index (χ4n) is 3.17. The van der Waals surface area contributed by atoms with Crippen molar-refractivity contribution in [2.75, 3.05) is 20.6 Å². The van der Waals surface area contributed by atoms with Gasteiger partial charge >= 0.3 is 5.97 Å². The number of likely N-dealkylation sites (N-methyl/N-ethyl adjacent to an activating group) is 1. The minimum atomic E-state index is -0.425. The summed E-state index contributed by atoms with van der Waals surface area (Å²) in [4.78, 5) is 14.4. The first-order valence-corrected chi connectivity index (χ1v) is 8.19. The largest absolute Gasteiger partial charge is 0.459 e. The monoisotopic (exact) mass is 298 g/mol. The van der Waals surface area contributed by atoms with Crippen molar-refractivity contribution in [3.05, 3.63) is 0 Å². The molecule has 0 saturated heterocycles. The quantitative estimate of drug-likeness (QED) is 0.793. The molecule has 1 N–H and O–H groups in total.